The van der Waals surface area contributed by atoms with Crippen LogP contribution in [0.3, 0.4) is 0 Å². The van der Waals surface area contributed by atoms with Crippen LogP contribution in [0.2, 0.25) is 0 Å². The molecule has 1 aliphatic rings. The van der Waals surface area contributed by atoms with Crippen LogP contribution in [0.5, 0.6) is 0 Å². The Morgan fingerprint density at radius 3 is 1.80 bits per heavy atom. The molecule has 0 aromatic rings. The first-order valence-corrected chi connectivity index (χ1v) is 1.76. The SMILES string of the molecule is [CH2]C1(C)C=C1. The normalized spacial score (nSPS) is 26.8. The summed E-state index contributed by atoms with van der Waals surface area (Å²) >= 11 is 0. The molecule has 0 nitrogen and oxygen atoms in total. The van der Waals surface area contributed by atoms with Crippen LogP contribution in [0.1, 0.15) is 6.92 Å². The summed E-state index contributed by atoms with van der Waals surface area (Å²) in [7, 11) is 0. The summed E-state index contributed by atoms with van der Waals surface area (Å²) in [6.45, 7) is 5.85. The van der Waals surface area contributed by atoms with Crippen molar-refractivity contribution in [3.63, 3.8) is 0 Å². The van der Waals surface area contributed by atoms with Crippen LogP contribution < -0.4 is 0 Å². The molecule has 0 atom stereocenters. The number of hydrogen-bond donors (Lipinski definition) is 0. The summed E-state index contributed by atoms with van der Waals surface area (Å²) in [6, 6.07) is 0. The Bertz CT molecular complexity index is 60.1. The molecule has 0 unspecified atom stereocenters. The summed E-state index contributed by atoms with van der Waals surface area (Å²) in [5, 5.41) is 0. The molecule has 0 aromatic carbocycles. The Morgan fingerprint density at radius 2 is 1.80 bits per heavy atom. The first-order chi connectivity index (χ1) is 2.21. The maximum atomic E-state index is 3.77. The van der Waals surface area contributed by atoms with E-state index in [0.29, 0.717) is 0 Å². The summed E-state index contributed by atoms with van der Waals surface area (Å²) in [5.74, 6) is 0. The smallest absolute Gasteiger partial charge is 0.00337 e. The Balaban J connectivity index is 2.47. The van der Waals surface area contributed by atoms with Crippen LogP contribution in [0.15, 0.2) is 12.2 Å². The summed E-state index contributed by atoms with van der Waals surface area (Å²) in [4.78, 5) is 0. The van der Waals surface area contributed by atoms with Crippen LogP contribution in [0, 0.1) is 12.3 Å². The van der Waals surface area contributed by atoms with E-state index in [2.05, 4.69) is 26.0 Å². The molecule has 1 aliphatic carbocycles. The minimum absolute atomic E-state index is 0.250. The van der Waals surface area contributed by atoms with Crippen molar-refractivity contribution in [1.29, 1.82) is 0 Å². The third-order valence-electron chi connectivity index (χ3n) is 0.736. The first kappa shape index (κ1) is 2.95. The molecule has 0 heterocycles. The number of rotatable bonds is 0. The zero-order valence-corrected chi connectivity index (χ0v) is 3.36. The molecule has 0 fully saturated rings. The van der Waals surface area contributed by atoms with E-state index in [1.165, 1.54) is 0 Å². The fraction of sp³-hybridized carbons (Fsp3) is 0.400. The maximum absolute atomic E-state index is 3.77. The molecule has 5 heavy (non-hydrogen) atoms. The molecule has 0 bridgehead atoms. The molecular formula is C5H7. The lowest BCUT2D eigenvalue weighted by Crippen LogP contribution is -1.80. The third-order valence-corrected chi connectivity index (χ3v) is 0.736. The van der Waals surface area contributed by atoms with E-state index in [1.807, 2.05) is 0 Å². The standard InChI is InChI=1S/C5H7/c1-5(2)3-4-5/h3-4H,1H2,2H3. The maximum Gasteiger partial charge on any atom is 0.00337 e. The van der Waals surface area contributed by atoms with Crippen molar-refractivity contribution >= 4 is 0 Å². The molecule has 0 aromatic heterocycles. The van der Waals surface area contributed by atoms with Crippen molar-refractivity contribution in [3.05, 3.63) is 19.1 Å². The highest BCUT2D eigenvalue weighted by molar-refractivity contribution is 5.25. The van der Waals surface area contributed by atoms with Gasteiger partial charge in [0, 0.05) is 5.41 Å². The van der Waals surface area contributed by atoms with Gasteiger partial charge in [-0.25, -0.2) is 0 Å². The summed E-state index contributed by atoms with van der Waals surface area (Å²) in [6.07, 6.45) is 4.15. The van der Waals surface area contributed by atoms with Crippen LogP contribution in [0.4, 0.5) is 0 Å². The van der Waals surface area contributed by atoms with Crippen molar-refractivity contribution in [2.45, 2.75) is 6.92 Å². The van der Waals surface area contributed by atoms with Gasteiger partial charge in [-0.15, -0.1) is 0 Å². The van der Waals surface area contributed by atoms with Crippen LogP contribution in [-0.2, 0) is 0 Å². The minimum atomic E-state index is 0.250. The van der Waals surface area contributed by atoms with Crippen LogP contribution in [-0.4, -0.2) is 0 Å². The topological polar surface area (TPSA) is 0 Å². The second kappa shape index (κ2) is 0.469. The zero-order chi connectivity index (χ0) is 3.91. The van der Waals surface area contributed by atoms with Gasteiger partial charge in [-0.2, -0.15) is 0 Å². The second-order valence-electron chi connectivity index (χ2n) is 1.84. The predicted molar refractivity (Wildman–Crippen MR) is 22.6 cm³/mol. The highest BCUT2D eigenvalue weighted by Crippen LogP contribution is 2.30. The van der Waals surface area contributed by atoms with Crippen molar-refractivity contribution in [1.82, 2.24) is 0 Å². The molecule has 0 heteroatoms. The minimum Gasteiger partial charge on any atom is -0.0780 e. The molecular weight excluding hydrogens is 60.1 g/mol. The van der Waals surface area contributed by atoms with E-state index in [4.69, 9.17) is 0 Å². The highest BCUT2D eigenvalue weighted by Gasteiger charge is 2.19. The molecule has 0 aliphatic heterocycles. The van der Waals surface area contributed by atoms with Gasteiger partial charge >= 0.3 is 0 Å². The molecule has 0 saturated carbocycles. The average molecular weight is 67.1 g/mol. The summed E-state index contributed by atoms with van der Waals surface area (Å²) < 4.78 is 0. The molecule has 27 valence electrons. The third kappa shape index (κ3) is 0.504. The van der Waals surface area contributed by atoms with Gasteiger partial charge in [0.15, 0.2) is 0 Å². The van der Waals surface area contributed by atoms with Crippen molar-refractivity contribution in [2.75, 3.05) is 0 Å². The quantitative estimate of drug-likeness (QED) is 0.376. The predicted octanol–water partition coefficient (Wildman–Crippen LogP) is 1.40. The number of hydrogen-bond acceptors (Lipinski definition) is 0. The van der Waals surface area contributed by atoms with Crippen molar-refractivity contribution in [2.24, 2.45) is 5.41 Å². The van der Waals surface area contributed by atoms with Gasteiger partial charge in [0.25, 0.3) is 0 Å². The Morgan fingerprint density at radius 1 is 1.60 bits per heavy atom. The van der Waals surface area contributed by atoms with Crippen molar-refractivity contribution in [3.8, 4) is 0 Å². The van der Waals surface area contributed by atoms with Gasteiger partial charge in [-0.3, -0.25) is 0 Å². The van der Waals surface area contributed by atoms with E-state index in [0.717, 1.165) is 0 Å². The molecule has 0 N–H and O–H groups in total. The molecule has 1 radical (unpaired) electrons. The summed E-state index contributed by atoms with van der Waals surface area (Å²) in [5.41, 5.74) is 0.250. The Hall–Kier alpha value is -0.260. The fourth-order valence-corrected chi connectivity index (χ4v) is 0.142. The largest absolute Gasteiger partial charge is 0.0780 e. The number of allylic oxidation sites excluding steroid dienone is 2. The Labute approximate surface area is 32.5 Å². The van der Waals surface area contributed by atoms with Gasteiger partial charge < -0.3 is 0 Å². The fourth-order valence-electron chi connectivity index (χ4n) is 0.142. The second-order valence-corrected chi connectivity index (χ2v) is 1.84. The van der Waals surface area contributed by atoms with Gasteiger partial charge in [-0.05, 0) is 6.92 Å². The van der Waals surface area contributed by atoms with Crippen molar-refractivity contribution < 1.29 is 0 Å². The Kier molecular flexibility index (Phi) is 0.277. The first-order valence-electron chi connectivity index (χ1n) is 1.76. The van der Waals surface area contributed by atoms with E-state index in [9.17, 15) is 0 Å². The van der Waals surface area contributed by atoms with Gasteiger partial charge in [0.1, 0.15) is 0 Å². The van der Waals surface area contributed by atoms with E-state index in [-0.39, 0.29) is 5.41 Å². The van der Waals surface area contributed by atoms with E-state index < -0.39 is 0 Å². The molecule has 0 amide bonds. The van der Waals surface area contributed by atoms with Crippen LogP contribution >= 0.6 is 0 Å². The van der Waals surface area contributed by atoms with E-state index >= 15 is 0 Å². The highest BCUT2D eigenvalue weighted by atomic mass is 14.2. The lowest BCUT2D eigenvalue weighted by Gasteiger charge is -1.88. The lowest BCUT2D eigenvalue weighted by molar-refractivity contribution is 0.832. The molecule has 1 rings (SSSR count). The molecule has 0 spiro atoms. The van der Waals surface area contributed by atoms with Gasteiger partial charge in [-0.1, -0.05) is 19.1 Å². The van der Waals surface area contributed by atoms with Gasteiger partial charge in [0.2, 0.25) is 0 Å². The average Bonchev–Trinajstić information content (AvgIpc) is 1.76. The lowest BCUT2D eigenvalue weighted by atomic mass is 10.2. The van der Waals surface area contributed by atoms with Gasteiger partial charge in [0.05, 0.1) is 0 Å². The van der Waals surface area contributed by atoms with Crippen LogP contribution in [0.25, 0.3) is 0 Å². The monoisotopic (exact) mass is 67.1 g/mol. The molecule has 0 saturated heterocycles. The van der Waals surface area contributed by atoms with E-state index in [1.54, 1.807) is 0 Å². The zero-order valence-electron chi connectivity index (χ0n) is 3.36.